The molecule has 1 fully saturated rings. The van der Waals surface area contributed by atoms with Gasteiger partial charge in [0, 0.05) is 30.5 Å². The van der Waals surface area contributed by atoms with Gasteiger partial charge in [0.25, 0.3) is 5.91 Å². The third-order valence-electron chi connectivity index (χ3n) is 4.33. The Kier molecular flexibility index (Phi) is 4.63. The Hall–Kier alpha value is -2.61. The van der Waals surface area contributed by atoms with Gasteiger partial charge in [-0.15, -0.1) is 0 Å². The van der Waals surface area contributed by atoms with Crippen LogP contribution in [0, 0.1) is 20.8 Å². The second-order valence-corrected chi connectivity index (χ2v) is 6.26. The fraction of sp³-hybridized carbons (Fsp3) is 0.471. The van der Waals surface area contributed by atoms with Crippen molar-refractivity contribution in [1.82, 2.24) is 14.6 Å². The number of carbonyl (C=O) groups excluding carboxylic acids is 1. The molecule has 3 heterocycles. The molecule has 25 heavy (non-hydrogen) atoms. The lowest BCUT2D eigenvalue weighted by molar-refractivity contribution is -0.141. The average molecular weight is 347 g/mol. The van der Waals surface area contributed by atoms with Crippen LogP contribution in [0.1, 0.15) is 33.9 Å². The van der Waals surface area contributed by atoms with E-state index >= 15 is 0 Å². The van der Waals surface area contributed by atoms with E-state index in [0.717, 1.165) is 11.4 Å². The largest absolute Gasteiger partial charge is 0.481 e. The van der Waals surface area contributed by atoms with E-state index in [1.54, 1.807) is 4.90 Å². The highest BCUT2D eigenvalue weighted by atomic mass is 16.5. The first-order valence-corrected chi connectivity index (χ1v) is 8.12. The van der Waals surface area contributed by atoms with Gasteiger partial charge in [-0.2, -0.15) is 0 Å². The third kappa shape index (κ3) is 3.43. The SMILES string of the molecule is Cc1cc(-n2c(C)cc(C(=O)N3CCO[C@@H](CC(=O)O)C3)c2C)no1. The lowest BCUT2D eigenvalue weighted by atomic mass is 10.1. The van der Waals surface area contributed by atoms with E-state index in [1.807, 2.05) is 37.5 Å². The molecule has 0 spiro atoms. The molecule has 0 unspecified atom stereocenters. The van der Waals surface area contributed by atoms with Crippen LogP contribution < -0.4 is 0 Å². The van der Waals surface area contributed by atoms with Crippen LogP contribution in [0.4, 0.5) is 0 Å². The van der Waals surface area contributed by atoms with E-state index < -0.39 is 12.1 Å². The van der Waals surface area contributed by atoms with Crippen molar-refractivity contribution in [2.75, 3.05) is 19.7 Å². The number of amides is 1. The maximum absolute atomic E-state index is 12.9. The molecule has 1 N–H and O–H groups in total. The van der Waals surface area contributed by atoms with Gasteiger partial charge in [0.15, 0.2) is 5.82 Å². The molecule has 1 aliphatic heterocycles. The Balaban J connectivity index is 1.84. The normalized spacial score (nSPS) is 17.7. The zero-order valence-electron chi connectivity index (χ0n) is 14.5. The van der Waals surface area contributed by atoms with Gasteiger partial charge in [-0.05, 0) is 26.8 Å². The summed E-state index contributed by atoms with van der Waals surface area (Å²) in [7, 11) is 0. The monoisotopic (exact) mass is 347 g/mol. The molecule has 1 atom stereocenters. The van der Waals surface area contributed by atoms with Crippen LogP contribution >= 0.6 is 0 Å². The van der Waals surface area contributed by atoms with Crippen LogP contribution in [0.15, 0.2) is 16.7 Å². The van der Waals surface area contributed by atoms with Gasteiger partial charge in [0.2, 0.25) is 0 Å². The maximum atomic E-state index is 12.9. The summed E-state index contributed by atoms with van der Waals surface area (Å²) in [6.07, 6.45) is -0.585. The number of carbonyl (C=O) groups is 2. The fourth-order valence-corrected chi connectivity index (χ4v) is 3.18. The highest BCUT2D eigenvalue weighted by Gasteiger charge is 2.29. The number of carboxylic acids is 1. The maximum Gasteiger partial charge on any atom is 0.306 e. The Morgan fingerprint density at radius 1 is 1.32 bits per heavy atom. The van der Waals surface area contributed by atoms with Crippen LogP contribution in [-0.2, 0) is 9.53 Å². The second kappa shape index (κ2) is 6.72. The van der Waals surface area contributed by atoms with Gasteiger partial charge in [-0.1, -0.05) is 5.16 Å². The Morgan fingerprint density at radius 2 is 2.08 bits per heavy atom. The van der Waals surface area contributed by atoms with Gasteiger partial charge >= 0.3 is 5.97 Å². The summed E-state index contributed by atoms with van der Waals surface area (Å²) in [5, 5.41) is 12.9. The lowest BCUT2D eigenvalue weighted by Gasteiger charge is -2.32. The van der Waals surface area contributed by atoms with E-state index in [1.165, 1.54) is 0 Å². The second-order valence-electron chi connectivity index (χ2n) is 6.26. The van der Waals surface area contributed by atoms with E-state index in [-0.39, 0.29) is 18.9 Å². The van der Waals surface area contributed by atoms with Crippen molar-refractivity contribution in [3.63, 3.8) is 0 Å². The van der Waals surface area contributed by atoms with Crippen LogP contribution in [0.25, 0.3) is 5.82 Å². The molecule has 1 amide bonds. The van der Waals surface area contributed by atoms with Gasteiger partial charge < -0.3 is 19.3 Å². The number of aryl methyl sites for hydroxylation is 2. The van der Waals surface area contributed by atoms with Crippen molar-refractivity contribution < 1.29 is 24.0 Å². The summed E-state index contributed by atoms with van der Waals surface area (Å²) in [5.41, 5.74) is 2.23. The van der Waals surface area contributed by atoms with Crippen molar-refractivity contribution in [1.29, 1.82) is 0 Å². The summed E-state index contributed by atoms with van der Waals surface area (Å²) in [6.45, 7) is 6.64. The molecule has 8 heteroatoms. The minimum absolute atomic E-state index is 0.110. The minimum atomic E-state index is -0.932. The van der Waals surface area contributed by atoms with Crippen LogP contribution in [0.2, 0.25) is 0 Å². The minimum Gasteiger partial charge on any atom is -0.481 e. The van der Waals surface area contributed by atoms with Crippen molar-refractivity contribution in [3.8, 4) is 5.82 Å². The number of ether oxygens (including phenoxy) is 1. The number of aliphatic carboxylic acids is 1. The molecule has 2 aromatic rings. The van der Waals surface area contributed by atoms with Gasteiger partial charge in [0.1, 0.15) is 5.76 Å². The van der Waals surface area contributed by atoms with E-state index in [4.69, 9.17) is 14.4 Å². The molecule has 2 aromatic heterocycles. The standard InChI is InChI=1S/C17H21N3O5/c1-10-6-14(12(3)20(10)15-7-11(2)25-18-15)17(23)19-4-5-24-13(9-19)8-16(21)22/h6-7,13H,4-5,8-9H2,1-3H3,(H,21,22)/t13-/m0/s1. The van der Waals surface area contributed by atoms with Crippen molar-refractivity contribution in [3.05, 3.63) is 34.8 Å². The van der Waals surface area contributed by atoms with Crippen molar-refractivity contribution in [2.45, 2.75) is 33.3 Å². The van der Waals surface area contributed by atoms with Gasteiger partial charge in [-0.3, -0.25) is 14.2 Å². The molecule has 0 saturated carbocycles. The Bertz CT molecular complexity index is 807. The van der Waals surface area contributed by atoms with Crippen LogP contribution in [-0.4, -0.2) is 57.4 Å². The molecule has 134 valence electrons. The number of hydrogen-bond acceptors (Lipinski definition) is 5. The lowest BCUT2D eigenvalue weighted by Crippen LogP contribution is -2.46. The summed E-state index contributed by atoms with van der Waals surface area (Å²) in [6, 6.07) is 3.63. The zero-order chi connectivity index (χ0) is 18.1. The molecular formula is C17H21N3O5. The number of aromatic nitrogens is 2. The fourth-order valence-electron chi connectivity index (χ4n) is 3.18. The molecular weight excluding hydrogens is 326 g/mol. The van der Waals surface area contributed by atoms with E-state index in [0.29, 0.717) is 30.3 Å². The third-order valence-corrected chi connectivity index (χ3v) is 4.33. The average Bonchev–Trinajstić information content (AvgIpc) is 3.09. The molecule has 3 rings (SSSR count). The van der Waals surface area contributed by atoms with Crippen molar-refractivity contribution in [2.24, 2.45) is 0 Å². The molecule has 1 aliphatic rings. The number of hydrogen-bond donors (Lipinski definition) is 1. The summed E-state index contributed by atoms with van der Waals surface area (Å²) in [5.74, 6) is 0.273. The Morgan fingerprint density at radius 3 is 2.72 bits per heavy atom. The first kappa shape index (κ1) is 17.2. The Labute approximate surface area is 145 Å². The summed E-state index contributed by atoms with van der Waals surface area (Å²) in [4.78, 5) is 25.4. The number of carboxylic acid groups (broad SMARTS) is 1. The topological polar surface area (TPSA) is 97.8 Å². The summed E-state index contributed by atoms with van der Waals surface area (Å²) >= 11 is 0. The predicted octanol–water partition coefficient (Wildman–Crippen LogP) is 1.71. The first-order chi connectivity index (χ1) is 11.9. The molecule has 8 nitrogen and oxygen atoms in total. The number of rotatable bonds is 4. The van der Waals surface area contributed by atoms with Gasteiger partial charge in [0.05, 0.1) is 24.7 Å². The molecule has 1 saturated heterocycles. The predicted molar refractivity (Wildman–Crippen MR) is 87.9 cm³/mol. The van der Waals surface area contributed by atoms with Crippen LogP contribution in [0.3, 0.4) is 0 Å². The summed E-state index contributed by atoms with van der Waals surface area (Å²) < 4.78 is 12.4. The number of nitrogens with zero attached hydrogens (tertiary/aromatic N) is 3. The van der Waals surface area contributed by atoms with Crippen LogP contribution in [0.5, 0.6) is 0 Å². The molecule has 0 aliphatic carbocycles. The van der Waals surface area contributed by atoms with E-state index in [2.05, 4.69) is 5.16 Å². The van der Waals surface area contributed by atoms with E-state index in [9.17, 15) is 9.59 Å². The quantitative estimate of drug-likeness (QED) is 0.904. The van der Waals surface area contributed by atoms with Gasteiger partial charge in [-0.25, -0.2) is 0 Å². The zero-order valence-corrected chi connectivity index (χ0v) is 14.5. The van der Waals surface area contributed by atoms with Crippen molar-refractivity contribution >= 4 is 11.9 Å². The highest BCUT2D eigenvalue weighted by Crippen LogP contribution is 2.23. The number of morpholine rings is 1. The molecule has 0 aromatic carbocycles. The highest BCUT2D eigenvalue weighted by molar-refractivity contribution is 5.96. The smallest absolute Gasteiger partial charge is 0.306 e. The molecule has 0 radical (unpaired) electrons. The first-order valence-electron chi connectivity index (χ1n) is 8.12. The molecule has 0 bridgehead atoms.